The number of carbonyl (C=O) groups excluding carboxylic acids is 1. The van der Waals surface area contributed by atoms with Crippen LogP contribution < -0.4 is 10.1 Å². The fourth-order valence-electron chi connectivity index (χ4n) is 1.88. The van der Waals surface area contributed by atoms with Crippen molar-refractivity contribution in [2.24, 2.45) is 0 Å². The molecule has 0 heterocycles. The summed E-state index contributed by atoms with van der Waals surface area (Å²) in [6.07, 6.45) is 0. The number of aryl methyl sites for hydroxylation is 1. The number of benzene rings is 2. The predicted octanol–water partition coefficient (Wildman–Crippen LogP) is 3.72. The zero-order chi connectivity index (χ0) is 14.7. The van der Waals surface area contributed by atoms with Crippen molar-refractivity contribution in [3.05, 3.63) is 52.0 Å². The predicted molar refractivity (Wildman–Crippen MR) is 81.5 cm³/mol. The summed E-state index contributed by atoms with van der Waals surface area (Å²) in [6.45, 7) is 1.93. The van der Waals surface area contributed by atoms with E-state index >= 15 is 0 Å². The number of phenols is 1. The Balaban J connectivity index is 2.28. The molecule has 2 aromatic rings. The molecule has 20 heavy (non-hydrogen) atoms. The molecular weight excluding hydrogens is 322 g/mol. The maximum absolute atomic E-state index is 12.2. The van der Waals surface area contributed by atoms with Crippen molar-refractivity contribution in [1.29, 1.82) is 0 Å². The molecule has 0 aliphatic carbocycles. The highest BCUT2D eigenvalue weighted by Crippen LogP contribution is 2.30. The number of hydrogen-bond acceptors (Lipinski definition) is 3. The van der Waals surface area contributed by atoms with E-state index < -0.39 is 0 Å². The summed E-state index contributed by atoms with van der Waals surface area (Å²) in [5.74, 6) is -0.291. The first kappa shape index (κ1) is 14.4. The molecule has 0 spiro atoms. The monoisotopic (exact) mass is 335 g/mol. The number of para-hydroxylation sites is 1. The number of halogens is 1. The number of methoxy groups -OCH3 is 1. The standard InChI is InChI=1S/C15H14BrNO3/c1-9-6-10(16)8-11(7-9)17-15(19)12-4-3-5-13(20-2)14(12)18/h3-8,18H,1-2H3,(H,17,19). The molecule has 1 amide bonds. The van der Waals surface area contributed by atoms with Crippen LogP contribution in [0.1, 0.15) is 15.9 Å². The van der Waals surface area contributed by atoms with Gasteiger partial charge in [0, 0.05) is 10.2 Å². The van der Waals surface area contributed by atoms with E-state index in [1.165, 1.54) is 13.2 Å². The lowest BCUT2D eigenvalue weighted by Gasteiger charge is -2.10. The Hall–Kier alpha value is -2.01. The van der Waals surface area contributed by atoms with Crippen LogP contribution in [0.5, 0.6) is 11.5 Å². The van der Waals surface area contributed by atoms with Crippen molar-refractivity contribution >= 4 is 27.5 Å². The van der Waals surface area contributed by atoms with Crippen LogP contribution in [0.2, 0.25) is 0 Å². The Bertz CT molecular complexity index is 635. The van der Waals surface area contributed by atoms with Crippen LogP contribution in [0.25, 0.3) is 0 Å². The van der Waals surface area contributed by atoms with Crippen molar-refractivity contribution in [1.82, 2.24) is 0 Å². The van der Waals surface area contributed by atoms with Gasteiger partial charge in [0.2, 0.25) is 0 Å². The van der Waals surface area contributed by atoms with Gasteiger partial charge in [-0.2, -0.15) is 0 Å². The Labute approximate surface area is 125 Å². The molecule has 2 rings (SSSR count). The summed E-state index contributed by atoms with van der Waals surface area (Å²) in [5, 5.41) is 12.7. The number of carbonyl (C=O) groups is 1. The van der Waals surface area contributed by atoms with E-state index in [0.717, 1.165) is 10.0 Å². The number of hydrogen-bond donors (Lipinski definition) is 2. The van der Waals surface area contributed by atoms with Crippen LogP contribution in [0, 0.1) is 6.92 Å². The first-order valence-corrected chi connectivity index (χ1v) is 6.75. The van der Waals surface area contributed by atoms with Gasteiger partial charge in [0.05, 0.1) is 12.7 Å². The van der Waals surface area contributed by atoms with E-state index in [-0.39, 0.29) is 23.0 Å². The summed E-state index contributed by atoms with van der Waals surface area (Å²) in [5.41, 5.74) is 1.84. The summed E-state index contributed by atoms with van der Waals surface area (Å²) < 4.78 is 5.86. The van der Waals surface area contributed by atoms with E-state index in [1.807, 2.05) is 19.1 Å². The Morgan fingerprint density at radius 3 is 2.70 bits per heavy atom. The molecule has 0 bridgehead atoms. The highest BCUT2D eigenvalue weighted by Gasteiger charge is 2.15. The Morgan fingerprint density at radius 1 is 1.30 bits per heavy atom. The van der Waals surface area contributed by atoms with Gasteiger partial charge < -0.3 is 15.2 Å². The molecule has 0 unspecified atom stereocenters. The van der Waals surface area contributed by atoms with Crippen LogP contribution >= 0.6 is 15.9 Å². The molecule has 0 aromatic heterocycles. The van der Waals surface area contributed by atoms with Gasteiger partial charge in [0.15, 0.2) is 11.5 Å². The van der Waals surface area contributed by atoms with Gasteiger partial charge in [-0.05, 0) is 42.8 Å². The first-order valence-electron chi connectivity index (χ1n) is 5.96. The molecule has 4 nitrogen and oxygen atoms in total. The second-order valence-electron chi connectivity index (χ2n) is 4.33. The maximum Gasteiger partial charge on any atom is 0.259 e. The van der Waals surface area contributed by atoms with Gasteiger partial charge in [-0.3, -0.25) is 4.79 Å². The SMILES string of the molecule is COc1cccc(C(=O)Nc2cc(C)cc(Br)c2)c1O. The average Bonchev–Trinajstić information content (AvgIpc) is 2.37. The van der Waals surface area contributed by atoms with Crippen molar-refractivity contribution in [2.75, 3.05) is 12.4 Å². The third kappa shape index (κ3) is 3.11. The minimum Gasteiger partial charge on any atom is -0.504 e. The van der Waals surface area contributed by atoms with Crippen molar-refractivity contribution < 1.29 is 14.6 Å². The van der Waals surface area contributed by atoms with E-state index in [2.05, 4.69) is 21.2 Å². The summed E-state index contributed by atoms with van der Waals surface area (Å²) in [4.78, 5) is 12.2. The number of amides is 1. The lowest BCUT2D eigenvalue weighted by Crippen LogP contribution is -2.12. The molecule has 0 radical (unpaired) electrons. The van der Waals surface area contributed by atoms with E-state index in [1.54, 1.807) is 18.2 Å². The lowest BCUT2D eigenvalue weighted by atomic mass is 10.1. The van der Waals surface area contributed by atoms with Crippen LogP contribution in [0.15, 0.2) is 40.9 Å². The van der Waals surface area contributed by atoms with Crippen molar-refractivity contribution in [2.45, 2.75) is 6.92 Å². The van der Waals surface area contributed by atoms with E-state index in [4.69, 9.17) is 4.74 Å². The van der Waals surface area contributed by atoms with Gasteiger partial charge >= 0.3 is 0 Å². The number of aromatic hydroxyl groups is 1. The zero-order valence-corrected chi connectivity index (χ0v) is 12.7. The lowest BCUT2D eigenvalue weighted by molar-refractivity contribution is 0.102. The second kappa shape index (κ2) is 5.96. The largest absolute Gasteiger partial charge is 0.504 e. The third-order valence-corrected chi connectivity index (χ3v) is 3.22. The summed E-state index contributed by atoms with van der Waals surface area (Å²) in [7, 11) is 1.44. The first-order chi connectivity index (χ1) is 9.51. The third-order valence-electron chi connectivity index (χ3n) is 2.76. The quantitative estimate of drug-likeness (QED) is 0.898. The minimum absolute atomic E-state index is 0.167. The van der Waals surface area contributed by atoms with Crippen LogP contribution in [0.4, 0.5) is 5.69 Å². The number of nitrogens with one attached hydrogen (secondary N) is 1. The molecule has 0 aliphatic heterocycles. The fourth-order valence-corrected chi connectivity index (χ4v) is 2.48. The Morgan fingerprint density at radius 2 is 2.05 bits per heavy atom. The second-order valence-corrected chi connectivity index (χ2v) is 5.24. The van der Waals surface area contributed by atoms with Crippen molar-refractivity contribution in [3.63, 3.8) is 0 Å². The van der Waals surface area contributed by atoms with Crippen LogP contribution in [0.3, 0.4) is 0 Å². The van der Waals surface area contributed by atoms with Crippen molar-refractivity contribution in [3.8, 4) is 11.5 Å². The highest BCUT2D eigenvalue weighted by atomic mass is 79.9. The molecule has 0 saturated heterocycles. The van der Waals surface area contributed by atoms with Gasteiger partial charge in [-0.1, -0.05) is 22.0 Å². The van der Waals surface area contributed by atoms with Crippen LogP contribution in [-0.2, 0) is 0 Å². The number of phenolic OH excluding ortho intramolecular Hbond substituents is 1. The molecule has 0 atom stereocenters. The Kier molecular flexibility index (Phi) is 4.29. The maximum atomic E-state index is 12.2. The normalized spacial score (nSPS) is 10.2. The molecular formula is C15H14BrNO3. The van der Waals surface area contributed by atoms with E-state index in [9.17, 15) is 9.90 Å². The molecule has 104 valence electrons. The molecule has 0 saturated carbocycles. The van der Waals surface area contributed by atoms with Gasteiger partial charge in [-0.15, -0.1) is 0 Å². The van der Waals surface area contributed by atoms with Gasteiger partial charge in [0.1, 0.15) is 0 Å². The van der Waals surface area contributed by atoms with Gasteiger partial charge in [0.25, 0.3) is 5.91 Å². The number of rotatable bonds is 3. The molecule has 2 aromatic carbocycles. The average molecular weight is 336 g/mol. The molecule has 0 aliphatic rings. The fraction of sp³-hybridized carbons (Fsp3) is 0.133. The van der Waals surface area contributed by atoms with E-state index in [0.29, 0.717) is 5.69 Å². The number of anilines is 1. The smallest absolute Gasteiger partial charge is 0.259 e. The topological polar surface area (TPSA) is 58.6 Å². The van der Waals surface area contributed by atoms with Gasteiger partial charge in [-0.25, -0.2) is 0 Å². The minimum atomic E-state index is -0.390. The highest BCUT2D eigenvalue weighted by molar-refractivity contribution is 9.10. The molecule has 2 N–H and O–H groups in total. The zero-order valence-electron chi connectivity index (χ0n) is 11.1. The summed E-state index contributed by atoms with van der Waals surface area (Å²) in [6, 6.07) is 10.4. The van der Waals surface area contributed by atoms with Crippen LogP contribution in [-0.4, -0.2) is 18.1 Å². The molecule has 0 fully saturated rings. The molecule has 5 heteroatoms. The summed E-state index contributed by atoms with van der Waals surface area (Å²) >= 11 is 3.38. The number of ether oxygens (including phenoxy) is 1.